The van der Waals surface area contributed by atoms with Crippen molar-refractivity contribution in [1.82, 2.24) is 15.0 Å². The highest BCUT2D eigenvalue weighted by Gasteiger charge is 2.26. The van der Waals surface area contributed by atoms with Gasteiger partial charge in [-0.2, -0.15) is 15.0 Å². The van der Waals surface area contributed by atoms with Gasteiger partial charge in [0.15, 0.2) is 0 Å². The molecule has 1 fully saturated rings. The Balaban J connectivity index is 1.98. The van der Waals surface area contributed by atoms with E-state index in [0.717, 1.165) is 24.5 Å². The second-order valence-electron chi connectivity index (χ2n) is 4.84. The van der Waals surface area contributed by atoms with Gasteiger partial charge in [-0.05, 0) is 37.5 Å². The number of aryl methyl sites for hydroxylation is 1. The highest BCUT2D eigenvalue weighted by molar-refractivity contribution is 4.96. The van der Waals surface area contributed by atoms with Crippen LogP contribution in [0, 0.1) is 11.8 Å². The lowest BCUT2D eigenvalue weighted by atomic mass is 9.76. The molecule has 0 bridgehead atoms. The van der Waals surface area contributed by atoms with E-state index in [1.54, 1.807) is 4.80 Å². The van der Waals surface area contributed by atoms with E-state index in [1.165, 1.54) is 12.8 Å². The van der Waals surface area contributed by atoms with Crippen LogP contribution in [0.5, 0.6) is 0 Å². The summed E-state index contributed by atoms with van der Waals surface area (Å²) in [6.07, 6.45) is 6.47. The number of rotatable bonds is 2. The summed E-state index contributed by atoms with van der Waals surface area (Å²) < 4.78 is 0. The Morgan fingerprint density at radius 1 is 1.53 bits per heavy atom. The molecule has 3 unspecified atom stereocenters. The van der Waals surface area contributed by atoms with Crippen LogP contribution in [0.1, 0.15) is 31.9 Å². The highest BCUT2D eigenvalue weighted by Crippen LogP contribution is 2.31. The second kappa shape index (κ2) is 4.31. The average molecular weight is 208 g/mol. The first-order chi connectivity index (χ1) is 7.15. The number of hydrogen-bond donors (Lipinski definition) is 1. The standard InChI is InChI=1S/C11H20N4/c1-8-3-4-10(12)5-9(8)6-11-7-13-15(2)14-11/h7-10H,3-6,12H2,1-2H3. The second-order valence-corrected chi connectivity index (χ2v) is 4.84. The fourth-order valence-electron chi connectivity index (χ4n) is 2.49. The third-order valence-electron chi connectivity index (χ3n) is 3.52. The van der Waals surface area contributed by atoms with Crippen molar-refractivity contribution in [3.63, 3.8) is 0 Å². The summed E-state index contributed by atoms with van der Waals surface area (Å²) in [5.74, 6) is 1.46. The molecule has 2 N–H and O–H groups in total. The minimum absolute atomic E-state index is 0.392. The maximum absolute atomic E-state index is 6.00. The number of hydrogen-bond acceptors (Lipinski definition) is 3. The van der Waals surface area contributed by atoms with Crippen LogP contribution in [0.25, 0.3) is 0 Å². The SMILES string of the molecule is CC1CCC(N)CC1Cc1cnn(C)n1. The smallest absolute Gasteiger partial charge is 0.0830 e. The van der Waals surface area contributed by atoms with E-state index in [9.17, 15) is 0 Å². The van der Waals surface area contributed by atoms with Gasteiger partial charge in [0.05, 0.1) is 11.9 Å². The molecule has 1 aliphatic rings. The van der Waals surface area contributed by atoms with Crippen LogP contribution >= 0.6 is 0 Å². The molecular formula is C11H20N4. The van der Waals surface area contributed by atoms with E-state index in [4.69, 9.17) is 5.73 Å². The van der Waals surface area contributed by atoms with E-state index < -0.39 is 0 Å². The van der Waals surface area contributed by atoms with E-state index in [0.29, 0.717) is 12.0 Å². The van der Waals surface area contributed by atoms with E-state index >= 15 is 0 Å². The minimum Gasteiger partial charge on any atom is -0.328 e. The molecule has 15 heavy (non-hydrogen) atoms. The topological polar surface area (TPSA) is 56.7 Å². The zero-order valence-electron chi connectivity index (χ0n) is 9.56. The van der Waals surface area contributed by atoms with Crippen LogP contribution in [-0.2, 0) is 13.5 Å². The van der Waals surface area contributed by atoms with Gasteiger partial charge in [0.25, 0.3) is 0 Å². The maximum Gasteiger partial charge on any atom is 0.0830 e. The van der Waals surface area contributed by atoms with Crippen LogP contribution in [0.4, 0.5) is 0 Å². The van der Waals surface area contributed by atoms with Gasteiger partial charge in [-0.15, -0.1) is 0 Å². The molecule has 1 saturated carbocycles. The Morgan fingerprint density at radius 2 is 2.33 bits per heavy atom. The van der Waals surface area contributed by atoms with Crippen molar-refractivity contribution < 1.29 is 0 Å². The number of aromatic nitrogens is 3. The molecule has 0 amide bonds. The lowest BCUT2D eigenvalue weighted by Crippen LogP contribution is -2.33. The van der Waals surface area contributed by atoms with Gasteiger partial charge in [0.2, 0.25) is 0 Å². The first-order valence-corrected chi connectivity index (χ1v) is 5.76. The van der Waals surface area contributed by atoms with Crippen molar-refractivity contribution in [1.29, 1.82) is 0 Å². The highest BCUT2D eigenvalue weighted by atomic mass is 15.4. The Bertz CT molecular complexity index is 320. The molecule has 84 valence electrons. The van der Waals surface area contributed by atoms with E-state index in [2.05, 4.69) is 17.1 Å². The van der Waals surface area contributed by atoms with Gasteiger partial charge in [-0.1, -0.05) is 6.92 Å². The summed E-state index contributed by atoms with van der Waals surface area (Å²) in [5, 5.41) is 8.43. The van der Waals surface area contributed by atoms with Gasteiger partial charge in [-0.3, -0.25) is 0 Å². The van der Waals surface area contributed by atoms with Gasteiger partial charge in [-0.25, -0.2) is 0 Å². The van der Waals surface area contributed by atoms with Crippen molar-refractivity contribution in [2.45, 2.75) is 38.6 Å². The third kappa shape index (κ3) is 2.56. The quantitative estimate of drug-likeness (QED) is 0.792. The van der Waals surface area contributed by atoms with Crippen LogP contribution in [0.3, 0.4) is 0 Å². The van der Waals surface area contributed by atoms with Gasteiger partial charge in [0, 0.05) is 13.1 Å². The van der Waals surface area contributed by atoms with Gasteiger partial charge >= 0.3 is 0 Å². The molecule has 1 aromatic heterocycles. The molecule has 0 saturated heterocycles. The first-order valence-electron chi connectivity index (χ1n) is 5.76. The number of nitrogens with zero attached hydrogens (tertiary/aromatic N) is 3. The van der Waals surface area contributed by atoms with E-state index in [1.807, 2.05) is 13.2 Å². The Labute approximate surface area is 90.8 Å². The maximum atomic E-state index is 6.00. The zero-order valence-corrected chi connectivity index (χ0v) is 9.56. The normalized spacial score (nSPS) is 31.8. The molecule has 2 rings (SSSR count). The van der Waals surface area contributed by atoms with Crippen LogP contribution in [0.2, 0.25) is 0 Å². The summed E-state index contributed by atoms with van der Waals surface area (Å²) in [5.41, 5.74) is 7.11. The van der Waals surface area contributed by atoms with E-state index in [-0.39, 0.29) is 0 Å². The molecule has 1 aliphatic carbocycles. The molecule has 0 radical (unpaired) electrons. The largest absolute Gasteiger partial charge is 0.328 e. The predicted molar refractivity (Wildman–Crippen MR) is 59.2 cm³/mol. The molecule has 1 heterocycles. The first kappa shape index (κ1) is 10.6. The average Bonchev–Trinajstić information content (AvgIpc) is 2.58. The molecular weight excluding hydrogens is 188 g/mol. The van der Waals surface area contributed by atoms with Crippen molar-refractivity contribution in [2.24, 2.45) is 24.6 Å². The molecule has 0 spiro atoms. The Morgan fingerprint density at radius 3 is 3.00 bits per heavy atom. The summed E-state index contributed by atoms with van der Waals surface area (Å²) in [4.78, 5) is 1.63. The lowest BCUT2D eigenvalue weighted by molar-refractivity contribution is 0.230. The zero-order chi connectivity index (χ0) is 10.8. The summed E-state index contributed by atoms with van der Waals surface area (Å²) in [6.45, 7) is 2.33. The summed E-state index contributed by atoms with van der Waals surface area (Å²) in [6, 6.07) is 0.392. The van der Waals surface area contributed by atoms with Gasteiger partial charge in [0.1, 0.15) is 0 Å². The fourth-order valence-corrected chi connectivity index (χ4v) is 2.49. The van der Waals surface area contributed by atoms with Crippen LogP contribution in [-0.4, -0.2) is 21.0 Å². The molecule has 0 aromatic carbocycles. The summed E-state index contributed by atoms with van der Waals surface area (Å²) in [7, 11) is 1.86. The van der Waals surface area contributed by atoms with Gasteiger partial charge < -0.3 is 5.73 Å². The molecule has 4 heteroatoms. The molecule has 3 atom stereocenters. The predicted octanol–water partition coefficient (Wildman–Crippen LogP) is 1.12. The summed E-state index contributed by atoms with van der Waals surface area (Å²) >= 11 is 0. The minimum atomic E-state index is 0.392. The monoisotopic (exact) mass is 208 g/mol. The molecule has 0 aliphatic heterocycles. The van der Waals surface area contributed by atoms with Crippen molar-refractivity contribution in [3.05, 3.63) is 11.9 Å². The van der Waals surface area contributed by atoms with Crippen LogP contribution in [0.15, 0.2) is 6.20 Å². The van der Waals surface area contributed by atoms with Crippen molar-refractivity contribution in [3.8, 4) is 0 Å². The van der Waals surface area contributed by atoms with Crippen LogP contribution < -0.4 is 5.73 Å². The Hall–Kier alpha value is -0.900. The molecule has 4 nitrogen and oxygen atoms in total. The van der Waals surface area contributed by atoms with Crippen molar-refractivity contribution >= 4 is 0 Å². The lowest BCUT2D eigenvalue weighted by Gasteiger charge is -2.32. The number of nitrogens with two attached hydrogens (primary N) is 1. The van der Waals surface area contributed by atoms with Crippen molar-refractivity contribution in [2.75, 3.05) is 0 Å². The Kier molecular flexibility index (Phi) is 3.05. The third-order valence-corrected chi connectivity index (χ3v) is 3.52. The fraction of sp³-hybridized carbons (Fsp3) is 0.818. The molecule has 1 aromatic rings.